The number of hydrazine groups is 1. The normalized spacial score (nSPS) is 15.7. The Hall–Kier alpha value is -2.33. The number of hydrogen-bond acceptors (Lipinski definition) is 3. The van der Waals surface area contributed by atoms with E-state index in [1.807, 2.05) is 41.4 Å². The molecule has 2 aromatic rings. The molecule has 132 valence electrons. The van der Waals surface area contributed by atoms with Gasteiger partial charge in [0.25, 0.3) is 0 Å². The molecule has 1 unspecified atom stereocenters. The molecule has 0 saturated carbocycles. The van der Waals surface area contributed by atoms with Crippen LogP contribution >= 0.6 is 0 Å². The van der Waals surface area contributed by atoms with Crippen LogP contribution in [0.15, 0.2) is 48.5 Å². The Balaban J connectivity index is 1.83. The Morgan fingerprint density at radius 1 is 1.00 bits per heavy atom. The third kappa shape index (κ3) is 3.69. The maximum atomic E-state index is 12.4. The molecule has 4 nitrogen and oxygen atoms in total. The van der Waals surface area contributed by atoms with Gasteiger partial charge in [0.05, 0.1) is 17.5 Å². The first-order valence-electron chi connectivity index (χ1n) is 9.11. The summed E-state index contributed by atoms with van der Waals surface area (Å²) in [5, 5.41) is 13.9. The molecular formula is C21H26N2O2. The molecule has 1 heterocycles. The molecule has 1 saturated heterocycles. The van der Waals surface area contributed by atoms with Crippen molar-refractivity contribution in [1.82, 2.24) is 0 Å². The highest BCUT2D eigenvalue weighted by molar-refractivity contribution is 5.99. The monoisotopic (exact) mass is 338 g/mol. The van der Waals surface area contributed by atoms with Crippen LogP contribution in [-0.4, -0.2) is 17.6 Å². The number of nitrogens with zero attached hydrogens (tertiary/aromatic N) is 2. The quantitative estimate of drug-likeness (QED) is 0.857. The number of anilines is 2. The summed E-state index contributed by atoms with van der Waals surface area (Å²) >= 11 is 0. The number of aliphatic hydroxyl groups excluding tert-OH is 1. The minimum absolute atomic E-state index is 0.111. The Morgan fingerprint density at radius 3 is 2.24 bits per heavy atom. The van der Waals surface area contributed by atoms with Gasteiger partial charge in [-0.25, -0.2) is 5.01 Å². The van der Waals surface area contributed by atoms with E-state index in [2.05, 4.69) is 26.0 Å². The Morgan fingerprint density at radius 2 is 1.64 bits per heavy atom. The van der Waals surface area contributed by atoms with Crippen LogP contribution in [0, 0.1) is 0 Å². The molecule has 0 bridgehead atoms. The maximum absolute atomic E-state index is 12.4. The number of hydrogen-bond donors (Lipinski definition) is 1. The van der Waals surface area contributed by atoms with E-state index in [9.17, 15) is 9.90 Å². The minimum Gasteiger partial charge on any atom is -0.388 e. The molecule has 0 radical (unpaired) electrons. The molecule has 0 spiro atoms. The molecular weight excluding hydrogens is 312 g/mol. The minimum atomic E-state index is -0.419. The second kappa shape index (κ2) is 7.70. The number of carbonyl (C=O) groups is 1. The van der Waals surface area contributed by atoms with Crippen LogP contribution in [0.5, 0.6) is 0 Å². The van der Waals surface area contributed by atoms with Gasteiger partial charge in [-0.05, 0) is 48.2 Å². The van der Waals surface area contributed by atoms with E-state index >= 15 is 0 Å². The highest BCUT2D eigenvalue weighted by Crippen LogP contribution is 2.30. The second-order valence-electron chi connectivity index (χ2n) is 6.49. The van der Waals surface area contributed by atoms with E-state index < -0.39 is 6.10 Å². The predicted octanol–water partition coefficient (Wildman–Crippen LogP) is 4.24. The summed E-state index contributed by atoms with van der Waals surface area (Å²) in [5.41, 5.74) is 4.05. The van der Waals surface area contributed by atoms with E-state index in [0.717, 1.165) is 36.2 Å². The molecule has 1 fully saturated rings. The van der Waals surface area contributed by atoms with Crippen molar-refractivity contribution in [3.8, 4) is 0 Å². The lowest BCUT2D eigenvalue weighted by Crippen LogP contribution is -2.39. The zero-order valence-electron chi connectivity index (χ0n) is 15.0. The van der Waals surface area contributed by atoms with E-state index in [1.165, 1.54) is 5.56 Å². The highest BCUT2D eigenvalue weighted by Gasteiger charge is 2.30. The fraction of sp³-hybridized carbons (Fsp3) is 0.381. The highest BCUT2D eigenvalue weighted by atomic mass is 16.3. The largest absolute Gasteiger partial charge is 0.388 e. The van der Waals surface area contributed by atoms with Gasteiger partial charge in [0.1, 0.15) is 0 Å². The van der Waals surface area contributed by atoms with Crippen molar-refractivity contribution in [1.29, 1.82) is 0 Å². The molecule has 2 aromatic carbocycles. The fourth-order valence-electron chi connectivity index (χ4n) is 3.25. The number of amides is 1. The lowest BCUT2D eigenvalue weighted by atomic mass is 10.1. The van der Waals surface area contributed by atoms with Gasteiger partial charge >= 0.3 is 0 Å². The predicted molar refractivity (Wildman–Crippen MR) is 102 cm³/mol. The first-order chi connectivity index (χ1) is 12.1. The van der Waals surface area contributed by atoms with Crippen LogP contribution in [0.2, 0.25) is 0 Å². The van der Waals surface area contributed by atoms with Crippen molar-refractivity contribution in [3.63, 3.8) is 0 Å². The molecule has 1 aliphatic heterocycles. The molecule has 25 heavy (non-hydrogen) atoms. The van der Waals surface area contributed by atoms with E-state index in [-0.39, 0.29) is 5.91 Å². The number of carbonyl (C=O) groups excluding carboxylic acids is 1. The van der Waals surface area contributed by atoms with Crippen LogP contribution in [0.1, 0.15) is 50.3 Å². The standard InChI is InChI=1S/C21H26N2O2/c1-3-5-20(24)17-8-12-18(13-9-17)22-15-14-21(25)23(22)19-10-6-16(4-2)7-11-19/h6-13,20,24H,3-5,14-15H2,1-2H3. The Kier molecular flexibility index (Phi) is 5.39. The van der Waals surface area contributed by atoms with Crippen molar-refractivity contribution in [2.75, 3.05) is 16.6 Å². The first-order valence-corrected chi connectivity index (χ1v) is 9.11. The van der Waals surface area contributed by atoms with Crippen molar-refractivity contribution < 1.29 is 9.90 Å². The van der Waals surface area contributed by atoms with Gasteiger partial charge in [0.15, 0.2) is 0 Å². The summed E-state index contributed by atoms with van der Waals surface area (Å²) in [5.74, 6) is 0.111. The van der Waals surface area contributed by atoms with Crippen LogP contribution < -0.4 is 10.0 Å². The van der Waals surface area contributed by atoms with Gasteiger partial charge in [0, 0.05) is 13.0 Å². The average molecular weight is 338 g/mol. The molecule has 4 heteroatoms. The summed E-state index contributed by atoms with van der Waals surface area (Å²) in [4.78, 5) is 12.4. The van der Waals surface area contributed by atoms with Gasteiger partial charge in [-0.3, -0.25) is 9.80 Å². The number of aliphatic hydroxyl groups is 1. The second-order valence-corrected chi connectivity index (χ2v) is 6.49. The van der Waals surface area contributed by atoms with Gasteiger partial charge in [0.2, 0.25) is 5.91 Å². The van der Waals surface area contributed by atoms with Crippen LogP contribution in [0.3, 0.4) is 0 Å². The van der Waals surface area contributed by atoms with E-state index in [1.54, 1.807) is 5.01 Å². The van der Waals surface area contributed by atoms with Crippen molar-refractivity contribution in [2.45, 2.75) is 45.6 Å². The molecule has 1 atom stereocenters. The lowest BCUT2D eigenvalue weighted by Gasteiger charge is -2.30. The summed E-state index contributed by atoms with van der Waals surface area (Å²) in [6.07, 6.45) is 2.79. The van der Waals surface area contributed by atoms with Crippen molar-refractivity contribution >= 4 is 17.3 Å². The Labute approximate surface area is 149 Å². The van der Waals surface area contributed by atoms with Crippen LogP contribution in [0.25, 0.3) is 0 Å². The molecule has 1 aliphatic rings. The maximum Gasteiger partial charge on any atom is 0.247 e. The summed E-state index contributed by atoms with van der Waals surface area (Å²) in [6, 6.07) is 16.0. The van der Waals surface area contributed by atoms with Crippen molar-refractivity contribution in [2.24, 2.45) is 0 Å². The molecule has 1 amide bonds. The molecule has 0 aromatic heterocycles. The molecule has 0 aliphatic carbocycles. The zero-order valence-corrected chi connectivity index (χ0v) is 15.0. The topological polar surface area (TPSA) is 43.8 Å². The van der Waals surface area contributed by atoms with Gasteiger partial charge in [-0.15, -0.1) is 0 Å². The summed E-state index contributed by atoms with van der Waals surface area (Å²) in [6.45, 7) is 4.86. The van der Waals surface area contributed by atoms with Gasteiger partial charge in [-0.2, -0.15) is 0 Å². The lowest BCUT2D eigenvalue weighted by molar-refractivity contribution is -0.117. The Bertz CT molecular complexity index is 710. The smallest absolute Gasteiger partial charge is 0.247 e. The van der Waals surface area contributed by atoms with Crippen LogP contribution in [-0.2, 0) is 11.2 Å². The summed E-state index contributed by atoms with van der Waals surface area (Å²) < 4.78 is 0. The third-order valence-corrected chi connectivity index (χ3v) is 4.74. The van der Waals surface area contributed by atoms with Gasteiger partial charge in [-0.1, -0.05) is 44.5 Å². The SMILES string of the molecule is CCCC(O)c1ccc(N2CCC(=O)N2c2ccc(CC)cc2)cc1. The van der Waals surface area contributed by atoms with Gasteiger partial charge < -0.3 is 5.11 Å². The van der Waals surface area contributed by atoms with E-state index in [4.69, 9.17) is 0 Å². The van der Waals surface area contributed by atoms with Crippen LogP contribution in [0.4, 0.5) is 11.4 Å². The number of rotatable bonds is 6. The summed E-state index contributed by atoms with van der Waals surface area (Å²) in [7, 11) is 0. The third-order valence-electron chi connectivity index (χ3n) is 4.74. The first kappa shape index (κ1) is 17.5. The zero-order chi connectivity index (χ0) is 17.8. The van der Waals surface area contributed by atoms with Crippen molar-refractivity contribution in [3.05, 3.63) is 59.7 Å². The molecule has 3 rings (SSSR count). The number of benzene rings is 2. The average Bonchev–Trinajstić information content (AvgIpc) is 3.03. The fourth-order valence-corrected chi connectivity index (χ4v) is 3.25. The molecule has 1 N–H and O–H groups in total. The van der Waals surface area contributed by atoms with E-state index in [0.29, 0.717) is 13.0 Å². The number of aryl methyl sites for hydroxylation is 1.